The van der Waals surface area contributed by atoms with E-state index < -0.39 is 11.7 Å². The highest BCUT2D eigenvalue weighted by molar-refractivity contribution is 5.99. The molecule has 1 saturated carbocycles. The van der Waals surface area contributed by atoms with Crippen molar-refractivity contribution in [3.05, 3.63) is 35.6 Å². The molecule has 2 N–H and O–H groups in total. The van der Waals surface area contributed by atoms with Gasteiger partial charge in [0.15, 0.2) is 5.78 Å². The molecule has 0 heterocycles. The van der Waals surface area contributed by atoms with Gasteiger partial charge in [0.25, 0.3) is 0 Å². The summed E-state index contributed by atoms with van der Waals surface area (Å²) in [6, 6.07) is 6.17. The van der Waals surface area contributed by atoms with Crippen LogP contribution in [0.25, 0.3) is 0 Å². The van der Waals surface area contributed by atoms with Crippen LogP contribution in [0.15, 0.2) is 24.3 Å². The Morgan fingerprint density at radius 3 is 2.56 bits per heavy atom. The van der Waals surface area contributed by atoms with Crippen LogP contribution in [0.4, 0.5) is 4.39 Å². The fourth-order valence-corrected chi connectivity index (χ4v) is 3.33. The third kappa shape index (κ3) is 6.94. The molecule has 1 aromatic carbocycles. The van der Waals surface area contributed by atoms with Gasteiger partial charge in [0, 0.05) is 37.0 Å². The van der Waals surface area contributed by atoms with Crippen LogP contribution in [0, 0.1) is 11.7 Å². The maximum absolute atomic E-state index is 13.2. The van der Waals surface area contributed by atoms with E-state index >= 15 is 0 Å². The molecule has 4 nitrogen and oxygen atoms in total. The molecule has 0 aromatic heterocycles. The first kappa shape index (κ1) is 19.6. The summed E-state index contributed by atoms with van der Waals surface area (Å²) in [5.74, 6) is -1.24. The number of halogens is 1. The largest absolute Gasteiger partial charge is 0.355 e. The van der Waals surface area contributed by atoms with Crippen molar-refractivity contribution in [1.82, 2.24) is 10.6 Å². The highest BCUT2D eigenvalue weighted by atomic mass is 19.1. The molecule has 5 heteroatoms. The molecule has 0 radical (unpaired) electrons. The number of hydrogen-bond donors (Lipinski definition) is 2. The van der Waals surface area contributed by atoms with Crippen molar-refractivity contribution in [1.29, 1.82) is 0 Å². The Labute approximate surface area is 149 Å². The van der Waals surface area contributed by atoms with Crippen LogP contribution in [0.2, 0.25) is 0 Å². The summed E-state index contributed by atoms with van der Waals surface area (Å²) in [4.78, 5) is 24.2. The zero-order valence-corrected chi connectivity index (χ0v) is 15.0. The Kier molecular flexibility index (Phi) is 8.06. The lowest BCUT2D eigenvalue weighted by atomic mass is 9.96. The van der Waals surface area contributed by atoms with Gasteiger partial charge in [0.05, 0.1) is 0 Å². The highest BCUT2D eigenvalue weighted by Gasteiger charge is 2.19. The Hall–Kier alpha value is -1.75. The lowest BCUT2D eigenvalue weighted by Crippen LogP contribution is -2.37. The number of benzene rings is 1. The molecule has 1 amide bonds. The van der Waals surface area contributed by atoms with Gasteiger partial charge in [0.2, 0.25) is 5.91 Å². The second-order valence-electron chi connectivity index (χ2n) is 6.97. The molecular weight excluding hydrogens is 319 g/mol. The predicted octanol–water partition coefficient (Wildman–Crippen LogP) is 3.46. The van der Waals surface area contributed by atoms with Gasteiger partial charge in [-0.05, 0) is 25.0 Å². The van der Waals surface area contributed by atoms with E-state index in [1.165, 1.54) is 56.7 Å². The van der Waals surface area contributed by atoms with E-state index in [0.29, 0.717) is 18.2 Å². The molecule has 1 atom stereocenters. The molecule has 1 fully saturated rings. The minimum Gasteiger partial charge on any atom is -0.355 e. The standard InChI is InChI=1S/C20H29FN2O2/c1-15(20(25)16-7-6-8-17(21)14-16)13-19(24)23-12-11-22-18-9-4-2-3-5-10-18/h6-8,14-15,18,22H,2-5,9-13H2,1H3,(H,23,24). The van der Waals surface area contributed by atoms with Gasteiger partial charge in [-0.2, -0.15) is 0 Å². The van der Waals surface area contributed by atoms with Gasteiger partial charge in [0.1, 0.15) is 5.82 Å². The van der Waals surface area contributed by atoms with Gasteiger partial charge in [-0.25, -0.2) is 4.39 Å². The Balaban J connectivity index is 1.66. The molecule has 0 saturated heterocycles. The zero-order valence-electron chi connectivity index (χ0n) is 15.0. The summed E-state index contributed by atoms with van der Waals surface area (Å²) in [6.45, 7) is 3.02. The lowest BCUT2D eigenvalue weighted by Gasteiger charge is -2.16. The first-order valence-electron chi connectivity index (χ1n) is 9.36. The molecule has 2 rings (SSSR count). The lowest BCUT2D eigenvalue weighted by molar-refractivity contribution is -0.121. The molecule has 0 aliphatic heterocycles. The summed E-state index contributed by atoms with van der Waals surface area (Å²) >= 11 is 0. The Morgan fingerprint density at radius 1 is 1.16 bits per heavy atom. The number of ketones is 1. The first-order valence-corrected chi connectivity index (χ1v) is 9.36. The van der Waals surface area contributed by atoms with E-state index in [4.69, 9.17) is 0 Å². The fraction of sp³-hybridized carbons (Fsp3) is 0.600. The summed E-state index contributed by atoms with van der Waals surface area (Å²) in [5, 5.41) is 6.36. The highest BCUT2D eigenvalue weighted by Crippen LogP contribution is 2.17. The predicted molar refractivity (Wildman–Crippen MR) is 97.0 cm³/mol. The molecule has 1 aliphatic carbocycles. The Morgan fingerprint density at radius 2 is 1.88 bits per heavy atom. The molecular formula is C20H29FN2O2. The summed E-state index contributed by atoms with van der Waals surface area (Å²) < 4.78 is 13.2. The van der Waals surface area contributed by atoms with Crippen LogP contribution in [0.5, 0.6) is 0 Å². The maximum Gasteiger partial charge on any atom is 0.220 e. The molecule has 0 bridgehead atoms. The van der Waals surface area contributed by atoms with E-state index in [1.807, 2.05) is 0 Å². The normalized spacial score (nSPS) is 16.9. The van der Waals surface area contributed by atoms with Crippen LogP contribution in [-0.4, -0.2) is 30.8 Å². The van der Waals surface area contributed by atoms with Crippen molar-refractivity contribution >= 4 is 11.7 Å². The smallest absolute Gasteiger partial charge is 0.220 e. The number of nitrogens with one attached hydrogen (secondary N) is 2. The van der Waals surface area contributed by atoms with Crippen LogP contribution < -0.4 is 10.6 Å². The van der Waals surface area contributed by atoms with Crippen molar-refractivity contribution in [3.8, 4) is 0 Å². The zero-order chi connectivity index (χ0) is 18.1. The molecule has 1 aromatic rings. The third-order valence-corrected chi connectivity index (χ3v) is 4.78. The summed E-state index contributed by atoms with van der Waals surface area (Å²) in [7, 11) is 0. The minimum atomic E-state index is -0.461. The molecule has 1 unspecified atom stereocenters. The van der Waals surface area contributed by atoms with Crippen LogP contribution in [-0.2, 0) is 4.79 Å². The van der Waals surface area contributed by atoms with Gasteiger partial charge in [-0.3, -0.25) is 9.59 Å². The topological polar surface area (TPSA) is 58.2 Å². The van der Waals surface area contributed by atoms with Crippen LogP contribution in [0.1, 0.15) is 62.2 Å². The molecule has 138 valence electrons. The monoisotopic (exact) mass is 348 g/mol. The average molecular weight is 348 g/mol. The van der Waals surface area contributed by atoms with Gasteiger partial charge >= 0.3 is 0 Å². The summed E-state index contributed by atoms with van der Waals surface area (Å²) in [6.07, 6.45) is 7.77. The van der Waals surface area contributed by atoms with Gasteiger partial charge in [-0.15, -0.1) is 0 Å². The van der Waals surface area contributed by atoms with Crippen LogP contribution in [0.3, 0.4) is 0 Å². The second-order valence-corrected chi connectivity index (χ2v) is 6.97. The van der Waals surface area contributed by atoms with E-state index in [1.54, 1.807) is 13.0 Å². The number of rotatable bonds is 8. The number of Topliss-reactive ketones (excluding diaryl/α,β-unsaturated/α-hetero) is 1. The van der Waals surface area contributed by atoms with Crippen molar-refractivity contribution in [3.63, 3.8) is 0 Å². The van der Waals surface area contributed by atoms with Crippen molar-refractivity contribution in [2.75, 3.05) is 13.1 Å². The average Bonchev–Trinajstić information content (AvgIpc) is 2.87. The van der Waals surface area contributed by atoms with Crippen molar-refractivity contribution < 1.29 is 14.0 Å². The van der Waals surface area contributed by atoms with E-state index in [0.717, 1.165) is 6.54 Å². The number of carbonyl (C=O) groups is 2. The molecule has 25 heavy (non-hydrogen) atoms. The van der Waals surface area contributed by atoms with Crippen LogP contribution >= 0.6 is 0 Å². The first-order chi connectivity index (χ1) is 12.1. The maximum atomic E-state index is 13.2. The molecule has 1 aliphatic rings. The van der Waals surface area contributed by atoms with E-state index in [9.17, 15) is 14.0 Å². The van der Waals surface area contributed by atoms with Crippen molar-refractivity contribution in [2.45, 2.75) is 57.9 Å². The number of hydrogen-bond acceptors (Lipinski definition) is 3. The van der Waals surface area contributed by atoms with Gasteiger partial charge < -0.3 is 10.6 Å². The number of carbonyl (C=O) groups excluding carboxylic acids is 2. The van der Waals surface area contributed by atoms with E-state index in [2.05, 4.69) is 10.6 Å². The summed E-state index contributed by atoms with van der Waals surface area (Å²) in [5.41, 5.74) is 0.315. The van der Waals surface area contributed by atoms with Crippen molar-refractivity contribution in [2.24, 2.45) is 5.92 Å². The minimum absolute atomic E-state index is 0.124. The second kappa shape index (κ2) is 10.3. The van der Waals surface area contributed by atoms with E-state index in [-0.39, 0.29) is 18.1 Å². The van der Waals surface area contributed by atoms with Gasteiger partial charge in [-0.1, -0.05) is 44.7 Å². The SMILES string of the molecule is CC(CC(=O)NCCNC1CCCCCC1)C(=O)c1cccc(F)c1. The Bertz CT molecular complexity index is 569. The quantitative estimate of drug-likeness (QED) is 0.430. The third-order valence-electron chi connectivity index (χ3n) is 4.78. The fourth-order valence-electron chi connectivity index (χ4n) is 3.33. The number of amides is 1. The molecule has 0 spiro atoms.